The van der Waals surface area contributed by atoms with Gasteiger partial charge >= 0.3 is 0 Å². The molecule has 0 bridgehead atoms. The number of aromatic nitrogens is 1. The fourth-order valence-electron chi connectivity index (χ4n) is 4.94. The lowest BCUT2D eigenvalue weighted by molar-refractivity contribution is -0.128. The van der Waals surface area contributed by atoms with Crippen molar-refractivity contribution in [1.29, 1.82) is 0 Å². The summed E-state index contributed by atoms with van der Waals surface area (Å²) >= 11 is 9.48. The lowest BCUT2D eigenvalue weighted by atomic mass is 9.89. The summed E-state index contributed by atoms with van der Waals surface area (Å²) in [4.78, 5) is 21.1. The molecule has 2 aliphatic heterocycles. The molecular formula is C23H20BrN3O2S. The highest BCUT2D eigenvalue weighted by atomic mass is 79.9. The van der Waals surface area contributed by atoms with Crippen molar-refractivity contribution in [3.05, 3.63) is 63.8 Å². The van der Waals surface area contributed by atoms with Crippen LogP contribution >= 0.6 is 28.1 Å². The third kappa shape index (κ3) is 2.58. The Morgan fingerprint density at radius 1 is 1.20 bits per heavy atom. The smallest absolute Gasteiger partial charge is 0.252 e. The number of ether oxygens (including phenoxy) is 1. The van der Waals surface area contributed by atoms with Crippen molar-refractivity contribution in [2.24, 2.45) is 0 Å². The largest absolute Gasteiger partial charge is 0.497 e. The highest BCUT2D eigenvalue weighted by Crippen LogP contribution is 2.46. The van der Waals surface area contributed by atoms with Crippen LogP contribution in [0.4, 0.5) is 0 Å². The van der Waals surface area contributed by atoms with Crippen molar-refractivity contribution in [2.45, 2.75) is 37.4 Å². The molecule has 3 heterocycles. The van der Waals surface area contributed by atoms with Crippen LogP contribution in [0.3, 0.4) is 0 Å². The van der Waals surface area contributed by atoms with Crippen LogP contribution in [0.1, 0.15) is 35.7 Å². The van der Waals surface area contributed by atoms with Gasteiger partial charge in [0, 0.05) is 33.5 Å². The topological polar surface area (TPSA) is 48.6 Å². The normalized spacial score (nSPS) is 23.1. The zero-order valence-corrected chi connectivity index (χ0v) is 18.8. The fraction of sp³-hybridized carbons (Fsp3) is 0.304. The van der Waals surface area contributed by atoms with Gasteiger partial charge in [-0.3, -0.25) is 9.69 Å². The number of nitrogens with zero attached hydrogens (tertiary/aromatic N) is 2. The van der Waals surface area contributed by atoms with Crippen molar-refractivity contribution in [2.75, 3.05) is 7.11 Å². The highest BCUT2D eigenvalue weighted by molar-refractivity contribution is 9.10. The summed E-state index contributed by atoms with van der Waals surface area (Å²) < 4.78 is 6.52. The van der Waals surface area contributed by atoms with Gasteiger partial charge in [0.1, 0.15) is 11.8 Å². The van der Waals surface area contributed by atoms with Crippen LogP contribution < -0.4 is 4.74 Å². The minimum atomic E-state index is -0.264. The number of rotatable bonds is 3. The Bertz CT molecular complexity index is 1220. The molecule has 1 aromatic heterocycles. The molecule has 0 radical (unpaired) electrons. The molecule has 30 heavy (non-hydrogen) atoms. The summed E-state index contributed by atoms with van der Waals surface area (Å²) in [6.45, 7) is 0. The van der Waals surface area contributed by atoms with Crippen molar-refractivity contribution in [1.82, 2.24) is 14.8 Å². The van der Waals surface area contributed by atoms with Gasteiger partial charge in [-0.1, -0.05) is 28.1 Å². The molecule has 1 saturated carbocycles. The number of nitrogens with one attached hydrogen (secondary N) is 1. The van der Waals surface area contributed by atoms with E-state index in [4.69, 9.17) is 17.0 Å². The molecule has 3 aliphatic rings. The molecule has 7 heteroatoms. The first-order chi connectivity index (χ1) is 14.6. The lowest BCUT2D eigenvalue weighted by Gasteiger charge is -2.37. The van der Waals surface area contributed by atoms with E-state index in [1.54, 1.807) is 7.11 Å². The van der Waals surface area contributed by atoms with Gasteiger partial charge in [-0.05, 0) is 66.5 Å². The third-order valence-corrected chi connectivity index (χ3v) is 7.36. The van der Waals surface area contributed by atoms with E-state index < -0.39 is 0 Å². The Kier molecular flexibility index (Phi) is 4.02. The van der Waals surface area contributed by atoms with Crippen LogP contribution in [0.15, 0.2) is 46.9 Å². The molecule has 0 spiro atoms. The van der Waals surface area contributed by atoms with Gasteiger partial charge in [0.2, 0.25) is 0 Å². The second kappa shape index (κ2) is 6.56. The van der Waals surface area contributed by atoms with Crippen molar-refractivity contribution in [3.8, 4) is 5.75 Å². The van der Waals surface area contributed by atoms with Crippen LogP contribution in [0.2, 0.25) is 0 Å². The predicted molar refractivity (Wildman–Crippen MR) is 123 cm³/mol. The predicted octanol–water partition coefficient (Wildman–Crippen LogP) is 4.54. The Labute approximate surface area is 188 Å². The number of halogens is 1. The minimum Gasteiger partial charge on any atom is -0.497 e. The fourth-order valence-corrected chi connectivity index (χ4v) is 5.77. The van der Waals surface area contributed by atoms with Gasteiger partial charge in [0.25, 0.3) is 5.91 Å². The van der Waals surface area contributed by atoms with Gasteiger partial charge < -0.3 is 14.6 Å². The maximum atomic E-state index is 13.4. The van der Waals surface area contributed by atoms with E-state index in [0.717, 1.165) is 45.2 Å². The molecule has 1 saturated heterocycles. The summed E-state index contributed by atoms with van der Waals surface area (Å²) in [5, 5.41) is 1.82. The van der Waals surface area contributed by atoms with Crippen LogP contribution in [-0.2, 0) is 11.2 Å². The van der Waals surface area contributed by atoms with E-state index in [1.165, 1.54) is 5.56 Å². The number of fused-ring (bicyclic) bond motifs is 4. The SMILES string of the molecule is COc1cccc(C2c3[nH]c4ccc(Br)cc4c3CC3C(=O)N(C4CC4)C(=S)N32)c1. The van der Waals surface area contributed by atoms with Gasteiger partial charge in [-0.25, -0.2) is 0 Å². The van der Waals surface area contributed by atoms with E-state index in [-0.39, 0.29) is 24.0 Å². The second-order valence-electron chi connectivity index (χ2n) is 8.24. The Balaban J connectivity index is 1.58. The second-order valence-corrected chi connectivity index (χ2v) is 9.52. The molecule has 2 fully saturated rings. The minimum absolute atomic E-state index is 0.144. The molecule has 6 rings (SSSR count). The van der Waals surface area contributed by atoms with Crippen LogP contribution in [0, 0.1) is 0 Å². The summed E-state index contributed by atoms with van der Waals surface area (Å²) in [7, 11) is 1.67. The van der Waals surface area contributed by atoms with Crippen molar-refractivity contribution in [3.63, 3.8) is 0 Å². The van der Waals surface area contributed by atoms with E-state index in [2.05, 4.69) is 44.0 Å². The molecule has 5 nitrogen and oxygen atoms in total. The lowest BCUT2D eigenvalue weighted by Crippen LogP contribution is -2.44. The van der Waals surface area contributed by atoms with Gasteiger partial charge in [-0.2, -0.15) is 0 Å². The molecule has 152 valence electrons. The maximum absolute atomic E-state index is 13.4. The number of carbonyl (C=O) groups excluding carboxylic acids is 1. The number of H-pyrrole nitrogens is 1. The van der Waals surface area contributed by atoms with Crippen LogP contribution in [-0.4, -0.2) is 45.0 Å². The summed E-state index contributed by atoms with van der Waals surface area (Å²) in [6.07, 6.45) is 2.74. The van der Waals surface area contributed by atoms with E-state index in [9.17, 15) is 4.79 Å². The average Bonchev–Trinajstić information content (AvgIpc) is 3.47. The first kappa shape index (κ1) is 18.4. The summed E-state index contributed by atoms with van der Waals surface area (Å²) in [5.74, 6) is 0.941. The summed E-state index contributed by atoms with van der Waals surface area (Å²) in [6, 6.07) is 14.2. The van der Waals surface area contributed by atoms with Crippen molar-refractivity contribution >= 4 is 50.1 Å². The number of hydrogen-bond acceptors (Lipinski definition) is 3. The monoisotopic (exact) mass is 481 g/mol. The Hall–Kier alpha value is -2.38. The molecular weight excluding hydrogens is 462 g/mol. The van der Waals surface area contributed by atoms with E-state index in [1.807, 2.05) is 29.2 Å². The zero-order chi connectivity index (χ0) is 20.6. The molecule has 3 aromatic rings. The molecule has 1 aliphatic carbocycles. The quantitative estimate of drug-likeness (QED) is 0.557. The van der Waals surface area contributed by atoms with E-state index >= 15 is 0 Å². The number of hydrogen-bond donors (Lipinski definition) is 1. The maximum Gasteiger partial charge on any atom is 0.252 e. The highest BCUT2D eigenvalue weighted by Gasteiger charge is 2.53. The molecule has 2 unspecified atom stereocenters. The number of amides is 1. The molecule has 2 aromatic carbocycles. The van der Waals surface area contributed by atoms with Crippen molar-refractivity contribution < 1.29 is 9.53 Å². The Morgan fingerprint density at radius 3 is 2.80 bits per heavy atom. The Morgan fingerprint density at radius 2 is 2.03 bits per heavy atom. The van der Waals surface area contributed by atoms with Gasteiger partial charge in [0.15, 0.2) is 5.11 Å². The zero-order valence-electron chi connectivity index (χ0n) is 16.4. The van der Waals surface area contributed by atoms with E-state index in [0.29, 0.717) is 11.5 Å². The number of thiocarbonyl (C=S) groups is 1. The first-order valence-electron chi connectivity index (χ1n) is 10.2. The standard InChI is InChI=1S/C23H20BrN3O2S/c1-29-15-4-2-3-12(9-15)21-20-17(16-10-13(24)5-8-18(16)25-20)11-19-22(28)26(14-6-7-14)23(30)27(19)21/h2-5,8-10,14,19,21,25H,6-7,11H2,1H3. The summed E-state index contributed by atoms with van der Waals surface area (Å²) in [5.41, 5.74) is 4.46. The average molecular weight is 482 g/mol. The van der Waals surface area contributed by atoms with Crippen LogP contribution in [0.5, 0.6) is 5.75 Å². The molecule has 1 N–H and O–H groups in total. The number of aromatic amines is 1. The van der Waals surface area contributed by atoms with Gasteiger partial charge in [0.05, 0.1) is 13.2 Å². The number of benzene rings is 2. The molecule has 2 atom stereocenters. The first-order valence-corrected chi connectivity index (χ1v) is 11.4. The molecule has 1 amide bonds. The van der Waals surface area contributed by atoms with Gasteiger partial charge in [-0.15, -0.1) is 0 Å². The number of carbonyl (C=O) groups is 1. The third-order valence-electron chi connectivity index (χ3n) is 6.46. The van der Waals surface area contributed by atoms with Crippen LogP contribution in [0.25, 0.3) is 10.9 Å². The number of methoxy groups -OCH3 is 1.